The lowest BCUT2D eigenvalue weighted by Gasteiger charge is -2.59. The standard InChI is InChI=1S/C19H24N2O4/c1-4-17(22)20-10-19(11-20)12-21(13-19)18(23)14-7-15(24-5-2)9-16(8-14)25-6-3/h4,7-9H,1,5-6,10-13H2,2-3H3. The van der Waals surface area contributed by atoms with Crippen molar-refractivity contribution >= 4 is 11.8 Å². The number of amides is 2. The van der Waals surface area contributed by atoms with Gasteiger partial charge in [-0.3, -0.25) is 9.59 Å². The molecule has 3 rings (SSSR count). The van der Waals surface area contributed by atoms with Crippen molar-refractivity contribution in [2.45, 2.75) is 13.8 Å². The third-order valence-corrected chi connectivity index (χ3v) is 4.63. The topological polar surface area (TPSA) is 59.1 Å². The third-order valence-electron chi connectivity index (χ3n) is 4.63. The summed E-state index contributed by atoms with van der Waals surface area (Å²) in [7, 11) is 0. The molecule has 0 unspecified atom stereocenters. The molecule has 2 aliphatic heterocycles. The van der Waals surface area contributed by atoms with Crippen molar-refractivity contribution in [3.05, 3.63) is 36.4 Å². The van der Waals surface area contributed by atoms with Crippen molar-refractivity contribution in [3.63, 3.8) is 0 Å². The van der Waals surface area contributed by atoms with Gasteiger partial charge in [0.25, 0.3) is 5.91 Å². The summed E-state index contributed by atoms with van der Waals surface area (Å²) in [6.07, 6.45) is 1.34. The molecule has 0 aromatic heterocycles. The zero-order chi connectivity index (χ0) is 18.0. The van der Waals surface area contributed by atoms with Gasteiger partial charge < -0.3 is 19.3 Å². The van der Waals surface area contributed by atoms with Gasteiger partial charge in [-0.1, -0.05) is 6.58 Å². The number of rotatable bonds is 6. The quantitative estimate of drug-likeness (QED) is 0.740. The van der Waals surface area contributed by atoms with Gasteiger partial charge in [0.2, 0.25) is 5.91 Å². The van der Waals surface area contributed by atoms with Crippen LogP contribution in [-0.2, 0) is 4.79 Å². The van der Waals surface area contributed by atoms with Gasteiger partial charge in [-0.05, 0) is 32.1 Å². The van der Waals surface area contributed by atoms with E-state index in [9.17, 15) is 9.59 Å². The van der Waals surface area contributed by atoms with Crippen molar-refractivity contribution in [2.24, 2.45) is 5.41 Å². The highest BCUT2D eigenvalue weighted by atomic mass is 16.5. The molecule has 6 nitrogen and oxygen atoms in total. The highest BCUT2D eigenvalue weighted by molar-refractivity contribution is 5.96. The van der Waals surface area contributed by atoms with E-state index >= 15 is 0 Å². The van der Waals surface area contributed by atoms with Crippen LogP contribution in [0.4, 0.5) is 0 Å². The molecule has 2 saturated heterocycles. The molecule has 2 heterocycles. The van der Waals surface area contributed by atoms with E-state index in [2.05, 4.69) is 6.58 Å². The summed E-state index contributed by atoms with van der Waals surface area (Å²) in [6.45, 7) is 11.1. The maximum absolute atomic E-state index is 12.8. The molecule has 25 heavy (non-hydrogen) atoms. The number of benzene rings is 1. The Balaban J connectivity index is 1.64. The highest BCUT2D eigenvalue weighted by Gasteiger charge is 2.54. The molecule has 0 atom stereocenters. The average molecular weight is 344 g/mol. The molecule has 2 amide bonds. The predicted molar refractivity (Wildman–Crippen MR) is 93.9 cm³/mol. The zero-order valence-electron chi connectivity index (χ0n) is 14.8. The van der Waals surface area contributed by atoms with Gasteiger partial charge in [0.05, 0.1) is 13.2 Å². The average Bonchev–Trinajstić information content (AvgIpc) is 2.52. The van der Waals surface area contributed by atoms with Crippen LogP contribution in [0.15, 0.2) is 30.9 Å². The fourth-order valence-corrected chi connectivity index (χ4v) is 3.53. The first-order chi connectivity index (χ1) is 12.0. The lowest BCUT2D eigenvalue weighted by molar-refractivity contribution is -0.149. The molecule has 1 aromatic rings. The summed E-state index contributed by atoms with van der Waals surface area (Å²) in [4.78, 5) is 27.9. The molecule has 2 fully saturated rings. The number of nitrogens with zero attached hydrogens (tertiary/aromatic N) is 2. The number of hydrogen-bond donors (Lipinski definition) is 0. The Hall–Kier alpha value is -2.50. The van der Waals surface area contributed by atoms with Crippen LogP contribution < -0.4 is 9.47 Å². The number of likely N-dealkylation sites (tertiary alicyclic amines) is 2. The van der Waals surface area contributed by atoms with Crippen LogP contribution in [0.1, 0.15) is 24.2 Å². The summed E-state index contributed by atoms with van der Waals surface area (Å²) in [5.74, 6) is 1.21. The SMILES string of the molecule is C=CC(=O)N1CC2(C1)CN(C(=O)c1cc(OCC)cc(OCC)c1)C2. The fraction of sp³-hybridized carbons (Fsp3) is 0.474. The van der Waals surface area contributed by atoms with Gasteiger partial charge >= 0.3 is 0 Å². The first-order valence-electron chi connectivity index (χ1n) is 8.61. The second-order valence-corrected chi connectivity index (χ2v) is 6.62. The maximum atomic E-state index is 12.8. The molecule has 2 aliphatic rings. The zero-order valence-corrected chi connectivity index (χ0v) is 14.8. The second-order valence-electron chi connectivity index (χ2n) is 6.62. The van der Waals surface area contributed by atoms with Crippen LogP contribution in [0.25, 0.3) is 0 Å². The fourth-order valence-electron chi connectivity index (χ4n) is 3.53. The van der Waals surface area contributed by atoms with Crippen molar-refractivity contribution in [3.8, 4) is 11.5 Å². The van der Waals surface area contributed by atoms with Crippen molar-refractivity contribution < 1.29 is 19.1 Å². The Labute approximate surface area is 148 Å². The van der Waals surface area contributed by atoms with E-state index in [1.54, 1.807) is 23.1 Å². The lowest BCUT2D eigenvalue weighted by atomic mass is 9.72. The second kappa shape index (κ2) is 6.78. The van der Waals surface area contributed by atoms with Gasteiger partial charge in [0.15, 0.2) is 0 Å². The number of carbonyl (C=O) groups is 2. The molecule has 0 bridgehead atoms. The first-order valence-corrected chi connectivity index (χ1v) is 8.61. The minimum absolute atomic E-state index is 0.0263. The van der Waals surface area contributed by atoms with Crippen molar-refractivity contribution in [1.82, 2.24) is 9.80 Å². The summed E-state index contributed by atoms with van der Waals surface area (Å²) < 4.78 is 11.1. The summed E-state index contributed by atoms with van der Waals surface area (Å²) in [5.41, 5.74) is 0.636. The molecule has 0 N–H and O–H groups in total. The van der Waals surface area contributed by atoms with E-state index in [1.165, 1.54) is 6.08 Å². The molecule has 0 radical (unpaired) electrons. The number of ether oxygens (including phenoxy) is 2. The highest BCUT2D eigenvalue weighted by Crippen LogP contribution is 2.40. The van der Waals surface area contributed by atoms with E-state index in [0.717, 1.165) is 0 Å². The summed E-state index contributed by atoms with van der Waals surface area (Å²) in [5, 5.41) is 0. The number of hydrogen-bond acceptors (Lipinski definition) is 4. The van der Waals surface area contributed by atoms with Crippen LogP contribution in [0, 0.1) is 5.41 Å². The Bertz CT molecular complexity index is 662. The molecular formula is C19H24N2O4. The Kier molecular flexibility index (Phi) is 4.70. The Morgan fingerprint density at radius 3 is 2.04 bits per heavy atom. The van der Waals surface area contributed by atoms with Gasteiger partial charge in [0.1, 0.15) is 11.5 Å². The molecule has 0 aliphatic carbocycles. The van der Waals surface area contributed by atoms with Gasteiger partial charge in [-0.15, -0.1) is 0 Å². The first kappa shape index (κ1) is 17.3. The molecule has 134 valence electrons. The number of carbonyl (C=O) groups excluding carboxylic acids is 2. The van der Waals surface area contributed by atoms with Gasteiger partial charge in [0, 0.05) is 43.2 Å². The molecule has 6 heteroatoms. The minimum atomic E-state index is -0.0406. The van der Waals surface area contributed by atoms with Crippen LogP contribution in [-0.4, -0.2) is 61.0 Å². The molecular weight excluding hydrogens is 320 g/mol. The lowest BCUT2D eigenvalue weighted by Crippen LogP contribution is -2.73. The molecule has 1 spiro atoms. The largest absolute Gasteiger partial charge is 0.494 e. The monoisotopic (exact) mass is 344 g/mol. The van der Waals surface area contributed by atoms with E-state index in [4.69, 9.17) is 9.47 Å². The van der Waals surface area contributed by atoms with Crippen LogP contribution >= 0.6 is 0 Å². The summed E-state index contributed by atoms with van der Waals surface area (Å²) in [6, 6.07) is 5.31. The van der Waals surface area contributed by atoms with Crippen LogP contribution in [0.3, 0.4) is 0 Å². The maximum Gasteiger partial charge on any atom is 0.254 e. The van der Waals surface area contributed by atoms with Crippen molar-refractivity contribution in [1.29, 1.82) is 0 Å². The van der Waals surface area contributed by atoms with E-state index in [-0.39, 0.29) is 17.2 Å². The summed E-state index contributed by atoms with van der Waals surface area (Å²) >= 11 is 0. The Morgan fingerprint density at radius 2 is 1.56 bits per heavy atom. The van der Waals surface area contributed by atoms with Gasteiger partial charge in [-0.25, -0.2) is 0 Å². The van der Waals surface area contributed by atoms with Crippen molar-refractivity contribution in [2.75, 3.05) is 39.4 Å². The third kappa shape index (κ3) is 3.34. The van der Waals surface area contributed by atoms with Gasteiger partial charge in [-0.2, -0.15) is 0 Å². The van der Waals surface area contributed by atoms with E-state index in [1.807, 2.05) is 18.7 Å². The normalized spacial score (nSPS) is 17.5. The van der Waals surface area contributed by atoms with Crippen LogP contribution in [0.2, 0.25) is 0 Å². The van der Waals surface area contributed by atoms with Crippen LogP contribution in [0.5, 0.6) is 11.5 Å². The van der Waals surface area contributed by atoms with E-state index < -0.39 is 0 Å². The molecule has 0 saturated carbocycles. The smallest absolute Gasteiger partial charge is 0.254 e. The minimum Gasteiger partial charge on any atom is -0.494 e. The predicted octanol–water partition coefficient (Wildman–Crippen LogP) is 1.95. The van der Waals surface area contributed by atoms with E-state index in [0.29, 0.717) is 56.5 Å². The Morgan fingerprint density at radius 1 is 1.04 bits per heavy atom. The molecule has 1 aromatic carbocycles.